The molecule has 1 amide bonds. The number of hydrogen-bond acceptors (Lipinski definition) is 5. The third kappa shape index (κ3) is 4.86. The van der Waals surface area contributed by atoms with E-state index in [1.807, 2.05) is 86.4 Å². The van der Waals surface area contributed by atoms with Gasteiger partial charge in [-0.1, -0.05) is 71.9 Å². The number of hydrogen-bond donors (Lipinski definition) is 1. The van der Waals surface area contributed by atoms with E-state index in [9.17, 15) is 4.79 Å². The molecule has 4 rings (SSSR count). The molecule has 4 aromatic rings. The van der Waals surface area contributed by atoms with E-state index in [2.05, 4.69) is 20.6 Å². The summed E-state index contributed by atoms with van der Waals surface area (Å²) in [7, 11) is 3.80. The van der Waals surface area contributed by atoms with Crippen LogP contribution in [0.2, 0.25) is 0 Å². The second kappa shape index (κ2) is 9.18. The lowest BCUT2D eigenvalue weighted by atomic mass is 10.1. The summed E-state index contributed by atoms with van der Waals surface area (Å²) in [6.07, 6.45) is 1.94. The lowest BCUT2D eigenvalue weighted by Gasteiger charge is -2.06. The summed E-state index contributed by atoms with van der Waals surface area (Å²) < 4.78 is 3.68. The Morgan fingerprint density at radius 3 is 2.52 bits per heavy atom. The monoisotopic (exact) mass is 432 g/mol. The molecule has 2 aromatic heterocycles. The highest BCUT2D eigenvalue weighted by Gasteiger charge is 2.19. The maximum atomic E-state index is 12.3. The Bertz CT molecular complexity index is 1180. The molecular formula is C23H24N6OS. The molecule has 7 nitrogen and oxygen atoms in total. The van der Waals surface area contributed by atoms with E-state index in [0.29, 0.717) is 11.7 Å². The summed E-state index contributed by atoms with van der Waals surface area (Å²) >= 11 is 1.37. The zero-order chi connectivity index (χ0) is 21.8. The van der Waals surface area contributed by atoms with Gasteiger partial charge in [0, 0.05) is 32.4 Å². The largest absolute Gasteiger partial charge is 0.351 e. The molecule has 0 saturated heterocycles. The first-order valence-corrected chi connectivity index (χ1v) is 10.9. The molecule has 0 aliphatic rings. The Labute approximate surface area is 185 Å². The van der Waals surface area contributed by atoms with Crippen molar-refractivity contribution in [2.75, 3.05) is 5.75 Å². The third-order valence-corrected chi connectivity index (χ3v) is 5.91. The van der Waals surface area contributed by atoms with Crippen LogP contribution in [0, 0.1) is 6.92 Å². The zero-order valence-electron chi connectivity index (χ0n) is 17.7. The molecule has 0 unspecified atom stereocenters. The lowest BCUT2D eigenvalue weighted by molar-refractivity contribution is -0.118. The number of aryl methyl sites for hydroxylation is 2. The first-order chi connectivity index (χ1) is 15.0. The number of thioether (sulfide) groups is 1. The molecule has 0 saturated carbocycles. The molecule has 2 aromatic carbocycles. The van der Waals surface area contributed by atoms with Crippen molar-refractivity contribution in [1.29, 1.82) is 0 Å². The zero-order valence-corrected chi connectivity index (χ0v) is 18.6. The van der Waals surface area contributed by atoms with Crippen molar-refractivity contribution >= 4 is 17.7 Å². The van der Waals surface area contributed by atoms with Gasteiger partial charge in [-0.05, 0) is 12.5 Å². The van der Waals surface area contributed by atoms with Gasteiger partial charge in [0.05, 0.1) is 11.3 Å². The number of carbonyl (C=O) groups excluding carboxylic acids is 1. The van der Waals surface area contributed by atoms with Gasteiger partial charge in [0.2, 0.25) is 5.91 Å². The quantitative estimate of drug-likeness (QED) is 0.452. The van der Waals surface area contributed by atoms with E-state index in [4.69, 9.17) is 0 Å². The van der Waals surface area contributed by atoms with Crippen LogP contribution in [0.1, 0.15) is 11.1 Å². The summed E-state index contributed by atoms with van der Waals surface area (Å²) in [5, 5.41) is 16.9. The highest BCUT2D eigenvalue weighted by Crippen LogP contribution is 2.31. The Morgan fingerprint density at radius 1 is 1.03 bits per heavy atom. The van der Waals surface area contributed by atoms with E-state index >= 15 is 0 Å². The second-order valence-electron chi connectivity index (χ2n) is 7.35. The van der Waals surface area contributed by atoms with Crippen molar-refractivity contribution in [3.63, 3.8) is 0 Å². The number of nitrogens with one attached hydrogen (secondary N) is 1. The number of amides is 1. The van der Waals surface area contributed by atoms with Gasteiger partial charge in [0.15, 0.2) is 11.0 Å². The van der Waals surface area contributed by atoms with E-state index in [1.165, 1.54) is 17.3 Å². The fourth-order valence-corrected chi connectivity index (χ4v) is 3.97. The van der Waals surface area contributed by atoms with Crippen molar-refractivity contribution in [1.82, 2.24) is 29.9 Å². The van der Waals surface area contributed by atoms with Crippen molar-refractivity contribution in [2.24, 2.45) is 14.1 Å². The van der Waals surface area contributed by atoms with Gasteiger partial charge in [0.25, 0.3) is 0 Å². The van der Waals surface area contributed by atoms with Gasteiger partial charge in [0.1, 0.15) is 5.69 Å². The predicted octanol–water partition coefficient (Wildman–Crippen LogP) is 3.60. The maximum absolute atomic E-state index is 12.3. The standard InChI is InChI=1S/C23H24N6OS/c1-16-9-11-17(12-10-16)13-24-20(30)15-31-23-26-25-22(29(23)3)19-14-28(2)27-21(19)18-7-5-4-6-8-18/h4-12,14H,13,15H2,1-3H3,(H,24,30). The molecule has 0 aliphatic carbocycles. The van der Waals surface area contributed by atoms with Crippen LogP contribution < -0.4 is 5.32 Å². The van der Waals surface area contributed by atoms with Crippen molar-refractivity contribution in [3.8, 4) is 22.6 Å². The molecule has 31 heavy (non-hydrogen) atoms. The summed E-state index contributed by atoms with van der Waals surface area (Å²) in [6, 6.07) is 18.1. The minimum absolute atomic E-state index is 0.0403. The van der Waals surface area contributed by atoms with Gasteiger partial charge in [-0.3, -0.25) is 9.48 Å². The Morgan fingerprint density at radius 2 is 1.77 bits per heavy atom. The van der Waals surface area contributed by atoms with E-state index in [0.717, 1.165) is 28.2 Å². The van der Waals surface area contributed by atoms with Crippen LogP contribution in [-0.2, 0) is 25.4 Å². The van der Waals surface area contributed by atoms with Crippen molar-refractivity contribution < 1.29 is 4.79 Å². The number of carbonyl (C=O) groups is 1. The van der Waals surface area contributed by atoms with Crippen molar-refractivity contribution in [3.05, 3.63) is 71.9 Å². The van der Waals surface area contributed by atoms with Crippen LogP contribution in [0.3, 0.4) is 0 Å². The van der Waals surface area contributed by atoms with Crippen LogP contribution in [-0.4, -0.2) is 36.2 Å². The molecule has 0 aliphatic heterocycles. The van der Waals surface area contributed by atoms with Gasteiger partial charge < -0.3 is 9.88 Å². The summed E-state index contributed by atoms with van der Waals surface area (Å²) in [5.74, 6) is 0.951. The number of nitrogens with zero attached hydrogens (tertiary/aromatic N) is 5. The minimum atomic E-state index is -0.0403. The molecule has 1 N–H and O–H groups in total. The smallest absolute Gasteiger partial charge is 0.230 e. The average Bonchev–Trinajstić information content (AvgIpc) is 3.34. The first kappa shape index (κ1) is 20.9. The molecule has 8 heteroatoms. The average molecular weight is 433 g/mol. The normalized spacial score (nSPS) is 10.9. The van der Waals surface area contributed by atoms with Crippen LogP contribution in [0.15, 0.2) is 66.0 Å². The Hall–Kier alpha value is -3.39. The second-order valence-corrected chi connectivity index (χ2v) is 8.29. The van der Waals surface area contributed by atoms with Crippen molar-refractivity contribution in [2.45, 2.75) is 18.6 Å². The highest BCUT2D eigenvalue weighted by molar-refractivity contribution is 7.99. The Kier molecular flexibility index (Phi) is 6.18. The van der Waals surface area contributed by atoms with Gasteiger partial charge in [-0.15, -0.1) is 10.2 Å². The van der Waals surface area contributed by atoms with Crippen LogP contribution >= 0.6 is 11.8 Å². The van der Waals surface area contributed by atoms with Gasteiger partial charge in [-0.25, -0.2) is 0 Å². The number of benzene rings is 2. The minimum Gasteiger partial charge on any atom is -0.351 e. The molecule has 0 fully saturated rings. The molecule has 2 heterocycles. The fraction of sp³-hybridized carbons (Fsp3) is 0.217. The third-order valence-electron chi connectivity index (χ3n) is 4.89. The predicted molar refractivity (Wildman–Crippen MR) is 122 cm³/mol. The van der Waals surface area contributed by atoms with Gasteiger partial charge in [-0.2, -0.15) is 5.10 Å². The molecule has 158 valence electrons. The van der Waals surface area contributed by atoms with Crippen LogP contribution in [0.4, 0.5) is 0 Å². The first-order valence-electron chi connectivity index (χ1n) is 9.95. The summed E-state index contributed by atoms with van der Waals surface area (Å²) in [5.41, 5.74) is 5.05. The summed E-state index contributed by atoms with van der Waals surface area (Å²) in [4.78, 5) is 12.3. The highest BCUT2D eigenvalue weighted by atomic mass is 32.2. The number of rotatable bonds is 7. The van der Waals surface area contributed by atoms with Gasteiger partial charge >= 0.3 is 0 Å². The maximum Gasteiger partial charge on any atom is 0.230 e. The number of aromatic nitrogens is 5. The molecule has 0 radical (unpaired) electrons. The summed E-state index contributed by atoms with van der Waals surface area (Å²) in [6.45, 7) is 2.56. The lowest BCUT2D eigenvalue weighted by Crippen LogP contribution is -2.24. The molecule has 0 atom stereocenters. The van der Waals surface area contributed by atoms with E-state index in [1.54, 1.807) is 4.68 Å². The van der Waals surface area contributed by atoms with E-state index in [-0.39, 0.29) is 11.7 Å². The van der Waals surface area contributed by atoms with E-state index < -0.39 is 0 Å². The molecular weight excluding hydrogens is 408 g/mol. The fourth-order valence-electron chi connectivity index (χ4n) is 3.22. The van der Waals surface area contributed by atoms with Crippen LogP contribution in [0.25, 0.3) is 22.6 Å². The molecule has 0 bridgehead atoms. The Balaban J connectivity index is 1.43. The SMILES string of the molecule is Cc1ccc(CNC(=O)CSc2nnc(-c3cn(C)nc3-c3ccccc3)n2C)cc1. The van der Waals surface area contributed by atoms with Crippen LogP contribution in [0.5, 0.6) is 0 Å². The topological polar surface area (TPSA) is 77.6 Å². The molecule has 0 spiro atoms.